The molecule has 7 nitrogen and oxygen atoms in total. The molecule has 0 amide bonds. The van der Waals surface area contributed by atoms with Crippen molar-refractivity contribution in [3.8, 4) is 0 Å². The molecular formula is C10H19N5O2. The molecule has 17 heavy (non-hydrogen) atoms. The molecule has 7 heteroatoms. The lowest BCUT2D eigenvalue weighted by molar-refractivity contribution is 0.105. The van der Waals surface area contributed by atoms with E-state index in [0.29, 0.717) is 23.9 Å². The largest absolute Gasteiger partial charge is 0.394 e. The Bertz CT molecular complexity index is 372. The van der Waals surface area contributed by atoms with E-state index in [2.05, 4.69) is 20.7 Å². The number of hydrazine groups is 1. The summed E-state index contributed by atoms with van der Waals surface area (Å²) in [5.74, 6) is 7.19. The second kappa shape index (κ2) is 6.33. The Hall–Kier alpha value is -1.44. The number of rotatable bonds is 6. The first-order valence-corrected chi connectivity index (χ1v) is 5.49. The van der Waals surface area contributed by atoms with Crippen LogP contribution in [0.25, 0.3) is 0 Å². The number of nitrogens with zero attached hydrogens (tertiary/aromatic N) is 2. The van der Waals surface area contributed by atoms with Gasteiger partial charge in [-0.15, -0.1) is 0 Å². The van der Waals surface area contributed by atoms with Crippen LogP contribution in [0.5, 0.6) is 0 Å². The van der Waals surface area contributed by atoms with Gasteiger partial charge in [-0.25, -0.2) is 15.8 Å². The summed E-state index contributed by atoms with van der Waals surface area (Å²) in [5, 5.41) is 21.0. The van der Waals surface area contributed by atoms with Crippen LogP contribution >= 0.6 is 0 Å². The van der Waals surface area contributed by atoms with Gasteiger partial charge in [0.25, 0.3) is 0 Å². The van der Waals surface area contributed by atoms with Crippen LogP contribution in [0.1, 0.15) is 18.3 Å². The monoisotopic (exact) mass is 241 g/mol. The molecule has 1 heterocycles. The molecule has 0 fully saturated rings. The minimum atomic E-state index is -0.816. The van der Waals surface area contributed by atoms with E-state index in [1.807, 2.05) is 13.8 Å². The Labute approximate surface area is 100 Å². The highest BCUT2D eigenvalue weighted by Crippen LogP contribution is 2.19. The number of nitrogen functional groups attached to an aromatic ring is 1. The molecule has 0 radical (unpaired) electrons. The first-order valence-electron chi connectivity index (χ1n) is 5.49. The van der Waals surface area contributed by atoms with E-state index < -0.39 is 6.10 Å². The average Bonchev–Trinajstić information content (AvgIpc) is 2.37. The van der Waals surface area contributed by atoms with Gasteiger partial charge in [0, 0.05) is 18.5 Å². The Balaban J connectivity index is 2.89. The molecule has 0 bridgehead atoms. The predicted octanol–water partition coefficient (Wildman–Crippen LogP) is -0.602. The number of nitrogens with one attached hydrogen (secondary N) is 2. The summed E-state index contributed by atoms with van der Waals surface area (Å²) in [6.45, 7) is 3.70. The average molecular weight is 241 g/mol. The lowest BCUT2D eigenvalue weighted by Crippen LogP contribution is -2.24. The van der Waals surface area contributed by atoms with E-state index in [1.54, 1.807) is 0 Å². The topological polar surface area (TPSA) is 116 Å². The zero-order chi connectivity index (χ0) is 12.8. The molecule has 1 atom stereocenters. The Kier molecular flexibility index (Phi) is 5.08. The summed E-state index contributed by atoms with van der Waals surface area (Å²) in [6.07, 6.45) is -0.129. The zero-order valence-electron chi connectivity index (χ0n) is 10.1. The number of aromatic nitrogens is 2. The first kappa shape index (κ1) is 13.6. The summed E-state index contributed by atoms with van der Waals surface area (Å²) in [4.78, 5) is 8.51. The molecule has 0 aliphatic rings. The lowest BCUT2D eigenvalue weighted by Gasteiger charge is -2.14. The van der Waals surface area contributed by atoms with Crippen molar-refractivity contribution >= 4 is 11.6 Å². The van der Waals surface area contributed by atoms with Crippen molar-refractivity contribution in [2.75, 3.05) is 23.9 Å². The molecular weight excluding hydrogens is 222 g/mol. The van der Waals surface area contributed by atoms with Gasteiger partial charge in [-0.2, -0.15) is 0 Å². The summed E-state index contributed by atoms with van der Waals surface area (Å²) < 4.78 is 0. The number of nitrogens with two attached hydrogens (primary N) is 1. The van der Waals surface area contributed by atoms with Crippen molar-refractivity contribution in [2.45, 2.75) is 26.4 Å². The van der Waals surface area contributed by atoms with Crippen molar-refractivity contribution in [3.05, 3.63) is 11.4 Å². The van der Waals surface area contributed by atoms with E-state index in [0.717, 1.165) is 5.56 Å². The highest BCUT2D eigenvalue weighted by Gasteiger charge is 2.10. The quantitative estimate of drug-likeness (QED) is 0.333. The minimum Gasteiger partial charge on any atom is -0.394 e. The standard InChI is InChI=1S/C10H19N5O2/c1-3-8-13-9(12-4-7(17)5-16)6(2)10(14-8)15-11/h7,16-17H,3-5,11H2,1-2H3,(H2,12,13,14,15). The summed E-state index contributed by atoms with van der Waals surface area (Å²) in [7, 11) is 0. The molecule has 1 aromatic heterocycles. The fourth-order valence-corrected chi connectivity index (χ4v) is 1.31. The van der Waals surface area contributed by atoms with Crippen molar-refractivity contribution in [2.24, 2.45) is 5.84 Å². The van der Waals surface area contributed by atoms with Crippen LogP contribution in [0.2, 0.25) is 0 Å². The van der Waals surface area contributed by atoms with Gasteiger partial charge in [0.15, 0.2) is 0 Å². The minimum absolute atomic E-state index is 0.224. The van der Waals surface area contributed by atoms with Crippen LogP contribution in [0.3, 0.4) is 0 Å². The molecule has 1 unspecified atom stereocenters. The van der Waals surface area contributed by atoms with Gasteiger partial charge in [-0.05, 0) is 6.92 Å². The zero-order valence-corrected chi connectivity index (χ0v) is 10.1. The normalized spacial score (nSPS) is 12.3. The number of aryl methyl sites for hydroxylation is 1. The fourth-order valence-electron chi connectivity index (χ4n) is 1.31. The number of aliphatic hydroxyl groups is 2. The number of aliphatic hydroxyl groups excluding tert-OH is 2. The SMILES string of the molecule is CCc1nc(NN)c(C)c(NCC(O)CO)n1. The second-order valence-corrected chi connectivity index (χ2v) is 3.68. The van der Waals surface area contributed by atoms with E-state index in [1.165, 1.54) is 0 Å². The van der Waals surface area contributed by atoms with Gasteiger partial charge in [-0.1, -0.05) is 6.92 Å². The molecule has 0 saturated carbocycles. The van der Waals surface area contributed by atoms with E-state index in [-0.39, 0.29) is 13.2 Å². The molecule has 1 rings (SSSR count). The second-order valence-electron chi connectivity index (χ2n) is 3.68. The van der Waals surface area contributed by atoms with Crippen LogP contribution in [-0.4, -0.2) is 39.4 Å². The number of hydrogen-bond acceptors (Lipinski definition) is 7. The van der Waals surface area contributed by atoms with Gasteiger partial charge in [0.1, 0.15) is 17.5 Å². The Morgan fingerprint density at radius 3 is 2.53 bits per heavy atom. The van der Waals surface area contributed by atoms with E-state index in [9.17, 15) is 5.11 Å². The van der Waals surface area contributed by atoms with Crippen molar-refractivity contribution in [1.29, 1.82) is 0 Å². The van der Waals surface area contributed by atoms with Crippen LogP contribution < -0.4 is 16.6 Å². The molecule has 0 aromatic carbocycles. The van der Waals surface area contributed by atoms with Crippen LogP contribution in [0.15, 0.2) is 0 Å². The first-order chi connectivity index (χ1) is 8.12. The number of hydrogen-bond donors (Lipinski definition) is 5. The summed E-state index contributed by atoms with van der Waals surface area (Å²) in [5.41, 5.74) is 3.28. The van der Waals surface area contributed by atoms with Crippen molar-refractivity contribution in [1.82, 2.24) is 9.97 Å². The smallest absolute Gasteiger partial charge is 0.148 e. The maximum Gasteiger partial charge on any atom is 0.148 e. The summed E-state index contributed by atoms with van der Waals surface area (Å²) in [6, 6.07) is 0. The van der Waals surface area contributed by atoms with Gasteiger partial charge >= 0.3 is 0 Å². The van der Waals surface area contributed by atoms with E-state index >= 15 is 0 Å². The van der Waals surface area contributed by atoms with Gasteiger partial charge < -0.3 is 21.0 Å². The molecule has 0 aliphatic heterocycles. The third-order valence-corrected chi connectivity index (χ3v) is 2.36. The molecule has 0 spiro atoms. The predicted molar refractivity (Wildman–Crippen MR) is 65.5 cm³/mol. The third kappa shape index (κ3) is 3.52. The summed E-state index contributed by atoms with van der Waals surface area (Å²) >= 11 is 0. The maximum absolute atomic E-state index is 9.27. The Morgan fingerprint density at radius 1 is 1.35 bits per heavy atom. The number of anilines is 2. The maximum atomic E-state index is 9.27. The fraction of sp³-hybridized carbons (Fsp3) is 0.600. The third-order valence-electron chi connectivity index (χ3n) is 2.36. The highest BCUT2D eigenvalue weighted by molar-refractivity contribution is 5.56. The van der Waals surface area contributed by atoms with Crippen LogP contribution in [0, 0.1) is 6.92 Å². The van der Waals surface area contributed by atoms with Crippen molar-refractivity contribution in [3.63, 3.8) is 0 Å². The van der Waals surface area contributed by atoms with Gasteiger partial charge in [0.2, 0.25) is 0 Å². The molecule has 96 valence electrons. The molecule has 1 aromatic rings. The van der Waals surface area contributed by atoms with E-state index in [4.69, 9.17) is 10.9 Å². The lowest BCUT2D eigenvalue weighted by atomic mass is 10.3. The van der Waals surface area contributed by atoms with Gasteiger partial charge in [-0.3, -0.25) is 0 Å². The molecule has 0 saturated heterocycles. The van der Waals surface area contributed by atoms with Crippen LogP contribution in [-0.2, 0) is 6.42 Å². The molecule has 0 aliphatic carbocycles. The van der Waals surface area contributed by atoms with Gasteiger partial charge in [0.05, 0.1) is 12.7 Å². The Morgan fingerprint density at radius 2 is 2.00 bits per heavy atom. The van der Waals surface area contributed by atoms with Crippen LogP contribution in [0.4, 0.5) is 11.6 Å². The van der Waals surface area contributed by atoms with Crippen molar-refractivity contribution < 1.29 is 10.2 Å². The highest BCUT2D eigenvalue weighted by atomic mass is 16.3. The molecule has 6 N–H and O–H groups in total.